The van der Waals surface area contributed by atoms with Crippen LogP contribution in [0.5, 0.6) is 5.75 Å². The number of rotatable bonds is 8. The van der Waals surface area contributed by atoms with Crippen LogP contribution >= 0.6 is 0 Å². The van der Waals surface area contributed by atoms with Crippen LogP contribution in [0.25, 0.3) is 11.1 Å². The van der Waals surface area contributed by atoms with Crippen molar-refractivity contribution in [1.82, 2.24) is 0 Å². The van der Waals surface area contributed by atoms with Crippen LogP contribution in [0.3, 0.4) is 0 Å². The third kappa shape index (κ3) is 5.31. The Hall–Kier alpha value is -2.30. The standard InChI is InChI=1S/C26H30F4O/c1-3-5-6-7-17-8-10-18(11-9-17)19-12-13-20(24(28)23(19)27)21-14-15-22(31-16-4-2)26(30)25(21)29/h4,12-18H,3,5-11H2,1-2H3/b16-4-. The molecule has 0 atom stereocenters. The Kier molecular flexibility index (Phi) is 8.16. The molecule has 0 aliphatic heterocycles. The number of unbranched alkanes of at least 4 members (excludes halogenated alkanes) is 2. The minimum Gasteiger partial charge on any atom is -0.462 e. The number of halogens is 4. The van der Waals surface area contributed by atoms with Crippen molar-refractivity contribution in [2.45, 2.75) is 71.1 Å². The molecule has 0 bridgehead atoms. The largest absolute Gasteiger partial charge is 0.462 e. The van der Waals surface area contributed by atoms with Gasteiger partial charge in [-0.05, 0) is 62.1 Å². The van der Waals surface area contributed by atoms with Crippen molar-refractivity contribution >= 4 is 0 Å². The molecule has 0 heterocycles. The average molecular weight is 435 g/mol. The van der Waals surface area contributed by atoms with Crippen molar-refractivity contribution in [2.24, 2.45) is 5.92 Å². The molecule has 0 spiro atoms. The molecule has 3 rings (SSSR count). The van der Waals surface area contributed by atoms with E-state index in [0.717, 1.165) is 25.7 Å². The second-order valence-corrected chi connectivity index (χ2v) is 8.37. The highest BCUT2D eigenvalue weighted by atomic mass is 19.2. The maximum atomic E-state index is 14.9. The van der Waals surface area contributed by atoms with E-state index in [2.05, 4.69) is 6.92 Å². The van der Waals surface area contributed by atoms with Crippen molar-refractivity contribution in [3.63, 3.8) is 0 Å². The van der Waals surface area contributed by atoms with Gasteiger partial charge in [-0.15, -0.1) is 0 Å². The molecular weight excluding hydrogens is 404 g/mol. The number of benzene rings is 2. The van der Waals surface area contributed by atoms with Crippen LogP contribution in [0.15, 0.2) is 36.6 Å². The zero-order chi connectivity index (χ0) is 22.4. The summed E-state index contributed by atoms with van der Waals surface area (Å²) in [4.78, 5) is 0. The molecule has 1 fully saturated rings. The monoisotopic (exact) mass is 434 g/mol. The Morgan fingerprint density at radius 3 is 2.13 bits per heavy atom. The second kappa shape index (κ2) is 10.8. The summed E-state index contributed by atoms with van der Waals surface area (Å²) < 4.78 is 63.6. The van der Waals surface area contributed by atoms with Gasteiger partial charge in [-0.3, -0.25) is 0 Å². The lowest BCUT2D eigenvalue weighted by Crippen LogP contribution is -2.15. The molecule has 0 N–H and O–H groups in total. The minimum atomic E-state index is -1.26. The van der Waals surface area contributed by atoms with Crippen LogP contribution in [0.2, 0.25) is 0 Å². The molecule has 1 aliphatic rings. The second-order valence-electron chi connectivity index (χ2n) is 8.37. The lowest BCUT2D eigenvalue weighted by atomic mass is 9.76. The number of hydrogen-bond acceptors (Lipinski definition) is 1. The van der Waals surface area contributed by atoms with Gasteiger partial charge in [-0.2, -0.15) is 4.39 Å². The highest BCUT2D eigenvalue weighted by Gasteiger charge is 2.27. The molecule has 0 amide bonds. The lowest BCUT2D eigenvalue weighted by molar-refractivity contribution is 0.298. The van der Waals surface area contributed by atoms with Gasteiger partial charge < -0.3 is 4.74 Å². The van der Waals surface area contributed by atoms with E-state index in [9.17, 15) is 17.6 Å². The zero-order valence-electron chi connectivity index (χ0n) is 18.2. The summed E-state index contributed by atoms with van der Waals surface area (Å²) in [6.45, 7) is 3.85. The Balaban J connectivity index is 1.78. The topological polar surface area (TPSA) is 9.23 Å². The molecule has 5 heteroatoms. The molecule has 0 radical (unpaired) electrons. The average Bonchev–Trinajstić information content (AvgIpc) is 2.78. The minimum absolute atomic E-state index is 0.0378. The van der Waals surface area contributed by atoms with Crippen molar-refractivity contribution < 1.29 is 22.3 Å². The Labute approximate surface area is 182 Å². The molecule has 0 unspecified atom stereocenters. The van der Waals surface area contributed by atoms with Gasteiger partial charge in [0.2, 0.25) is 5.82 Å². The smallest absolute Gasteiger partial charge is 0.201 e. The lowest BCUT2D eigenvalue weighted by Gasteiger charge is -2.29. The van der Waals surface area contributed by atoms with E-state index >= 15 is 0 Å². The summed E-state index contributed by atoms with van der Waals surface area (Å²) >= 11 is 0. The van der Waals surface area contributed by atoms with Gasteiger partial charge in [0.05, 0.1) is 6.26 Å². The molecule has 168 valence electrons. The van der Waals surface area contributed by atoms with Gasteiger partial charge in [-0.1, -0.05) is 50.8 Å². The van der Waals surface area contributed by atoms with E-state index in [1.807, 2.05) is 0 Å². The third-order valence-electron chi connectivity index (χ3n) is 6.28. The first-order valence-corrected chi connectivity index (χ1v) is 11.2. The maximum Gasteiger partial charge on any atom is 0.201 e. The van der Waals surface area contributed by atoms with E-state index in [1.165, 1.54) is 62.3 Å². The molecular formula is C26H30F4O. The van der Waals surface area contributed by atoms with Crippen LogP contribution in [-0.2, 0) is 0 Å². The predicted molar refractivity (Wildman–Crippen MR) is 116 cm³/mol. The van der Waals surface area contributed by atoms with Crippen molar-refractivity contribution in [1.29, 1.82) is 0 Å². The van der Waals surface area contributed by atoms with Gasteiger partial charge in [0.15, 0.2) is 23.2 Å². The van der Waals surface area contributed by atoms with Gasteiger partial charge in [0, 0.05) is 11.1 Å². The van der Waals surface area contributed by atoms with E-state index < -0.39 is 23.3 Å². The molecule has 0 saturated heterocycles. The number of ether oxygens (including phenoxy) is 1. The quantitative estimate of drug-likeness (QED) is 0.229. The fraction of sp³-hybridized carbons (Fsp3) is 0.462. The van der Waals surface area contributed by atoms with Crippen LogP contribution < -0.4 is 4.74 Å². The summed E-state index contributed by atoms with van der Waals surface area (Å²) in [6.07, 6.45) is 11.3. The van der Waals surface area contributed by atoms with Crippen LogP contribution in [-0.4, -0.2) is 0 Å². The fourth-order valence-corrected chi connectivity index (χ4v) is 4.50. The summed E-state index contributed by atoms with van der Waals surface area (Å²) in [6, 6.07) is 5.29. The summed E-state index contributed by atoms with van der Waals surface area (Å²) in [5.41, 5.74) is -0.279. The molecule has 2 aromatic carbocycles. The van der Waals surface area contributed by atoms with Gasteiger partial charge >= 0.3 is 0 Å². The van der Waals surface area contributed by atoms with Crippen LogP contribution in [0, 0.1) is 29.2 Å². The third-order valence-corrected chi connectivity index (χ3v) is 6.28. The molecule has 1 aliphatic carbocycles. The van der Waals surface area contributed by atoms with E-state index in [-0.39, 0.29) is 22.8 Å². The van der Waals surface area contributed by atoms with Gasteiger partial charge in [-0.25, -0.2) is 13.2 Å². The first-order chi connectivity index (χ1) is 15.0. The van der Waals surface area contributed by atoms with Crippen LogP contribution in [0.4, 0.5) is 17.6 Å². The molecule has 31 heavy (non-hydrogen) atoms. The first kappa shape index (κ1) is 23.4. The molecule has 1 saturated carbocycles. The van der Waals surface area contributed by atoms with Crippen molar-refractivity contribution in [3.8, 4) is 16.9 Å². The number of hydrogen-bond donors (Lipinski definition) is 0. The highest BCUT2D eigenvalue weighted by molar-refractivity contribution is 5.66. The zero-order valence-corrected chi connectivity index (χ0v) is 18.2. The fourth-order valence-electron chi connectivity index (χ4n) is 4.50. The Morgan fingerprint density at radius 1 is 0.839 bits per heavy atom. The van der Waals surface area contributed by atoms with Gasteiger partial charge in [0.25, 0.3) is 0 Å². The van der Waals surface area contributed by atoms with Crippen molar-refractivity contribution in [2.75, 3.05) is 0 Å². The van der Waals surface area contributed by atoms with Gasteiger partial charge in [0.1, 0.15) is 0 Å². The summed E-state index contributed by atoms with van der Waals surface area (Å²) in [5, 5.41) is 0. The Morgan fingerprint density at radius 2 is 1.48 bits per heavy atom. The molecule has 0 aromatic heterocycles. The van der Waals surface area contributed by atoms with E-state index in [4.69, 9.17) is 4.74 Å². The van der Waals surface area contributed by atoms with Crippen molar-refractivity contribution in [3.05, 3.63) is 65.4 Å². The van der Waals surface area contributed by atoms with E-state index in [1.54, 1.807) is 6.92 Å². The normalized spacial score (nSPS) is 19.2. The summed E-state index contributed by atoms with van der Waals surface area (Å²) in [5.74, 6) is -4.28. The molecule has 1 nitrogen and oxygen atoms in total. The Bertz CT molecular complexity index is 914. The molecule has 2 aromatic rings. The number of allylic oxidation sites excluding steroid dienone is 1. The predicted octanol–water partition coefficient (Wildman–Crippen LogP) is 8.68. The van der Waals surface area contributed by atoms with Crippen LogP contribution in [0.1, 0.15) is 76.7 Å². The SMILES string of the molecule is C/C=C\Oc1ccc(-c2ccc(C3CCC(CCCCC)CC3)c(F)c2F)c(F)c1F. The first-order valence-electron chi connectivity index (χ1n) is 11.2. The maximum absolute atomic E-state index is 14.9. The van der Waals surface area contributed by atoms with E-state index in [0.29, 0.717) is 11.5 Å². The highest BCUT2D eigenvalue weighted by Crippen LogP contribution is 2.41. The summed E-state index contributed by atoms with van der Waals surface area (Å²) in [7, 11) is 0.